The summed E-state index contributed by atoms with van der Waals surface area (Å²) < 4.78 is 0. The number of halogens is 1. The molecule has 2 rings (SSSR count). The zero-order chi connectivity index (χ0) is 12.8. The van der Waals surface area contributed by atoms with Crippen molar-refractivity contribution in [1.82, 2.24) is 4.90 Å². The van der Waals surface area contributed by atoms with Crippen molar-refractivity contribution in [3.8, 4) is 0 Å². The highest BCUT2D eigenvalue weighted by Gasteiger charge is 2.14. The van der Waals surface area contributed by atoms with Crippen LogP contribution in [0.4, 0.5) is 5.69 Å². The number of carbonyl (C=O) groups is 1. The lowest BCUT2D eigenvalue weighted by Crippen LogP contribution is -2.34. The van der Waals surface area contributed by atoms with Gasteiger partial charge in [-0.25, -0.2) is 0 Å². The van der Waals surface area contributed by atoms with E-state index in [9.17, 15) is 4.79 Å². The predicted molar refractivity (Wildman–Crippen MR) is 81.5 cm³/mol. The molecular formula is C15H23ClN2O. The van der Waals surface area contributed by atoms with Gasteiger partial charge in [0.1, 0.15) is 0 Å². The molecule has 1 aromatic carbocycles. The van der Waals surface area contributed by atoms with Crippen molar-refractivity contribution < 1.29 is 4.79 Å². The molecule has 0 bridgehead atoms. The van der Waals surface area contributed by atoms with Gasteiger partial charge in [-0.3, -0.25) is 4.79 Å². The summed E-state index contributed by atoms with van der Waals surface area (Å²) in [6.45, 7) is 1.85. The minimum atomic E-state index is 0. The van der Waals surface area contributed by atoms with Crippen molar-refractivity contribution >= 4 is 24.0 Å². The molecule has 0 aliphatic carbocycles. The molecule has 0 saturated carbocycles. The van der Waals surface area contributed by atoms with E-state index >= 15 is 0 Å². The fraction of sp³-hybridized carbons (Fsp3) is 0.533. The molecular weight excluding hydrogens is 260 g/mol. The van der Waals surface area contributed by atoms with Gasteiger partial charge in [-0.2, -0.15) is 0 Å². The van der Waals surface area contributed by atoms with E-state index in [1.165, 1.54) is 19.3 Å². The van der Waals surface area contributed by atoms with Gasteiger partial charge in [-0.15, -0.1) is 12.4 Å². The van der Waals surface area contributed by atoms with Crippen molar-refractivity contribution in [3.63, 3.8) is 0 Å². The second-order valence-electron chi connectivity index (χ2n) is 5.07. The summed E-state index contributed by atoms with van der Waals surface area (Å²) in [5.41, 5.74) is 7.44. The maximum absolute atomic E-state index is 12.2. The number of anilines is 1. The number of nitrogen functional groups attached to an aromatic ring is 1. The Morgan fingerprint density at radius 2 is 1.53 bits per heavy atom. The molecule has 1 heterocycles. The lowest BCUT2D eigenvalue weighted by Gasteiger charge is -2.24. The molecule has 106 valence electrons. The van der Waals surface area contributed by atoms with Crippen molar-refractivity contribution in [2.75, 3.05) is 18.8 Å². The second kappa shape index (κ2) is 8.05. The maximum atomic E-state index is 12.2. The van der Waals surface area contributed by atoms with Gasteiger partial charge in [-0.1, -0.05) is 31.4 Å². The Labute approximate surface area is 121 Å². The van der Waals surface area contributed by atoms with Crippen LogP contribution in [0.5, 0.6) is 0 Å². The van der Waals surface area contributed by atoms with Crippen molar-refractivity contribution in [1.29, 1.82) is 0 Å². The van der Waals surface area contributed by atoms with Crippen molar-refractivity contribution in [3.05, 3.63) is 29.8 Å². The van der Waals surface area contributed by atoms with E-state index in [0.717, 1.165) is 37.2 Å². The molecule has 1 amide bonds. The average molecular weight is 283 g/mol. The fourth-order valence-corrected chi connectivity index (χ4v) is 2.42. The van der Waals surface area contributed by atoms with E-state index < -0.39 is 0 Å². The molecule has 0 aromatic heterocycles. The van der Waals surface area contributed by atoms with Crippen LogP contribution in [-0.4, -0.2) is 23.9 Å². The minimum absolute atomic E-state index is 0. The standard InChI is InChI=1S/C15H22N2O.ClH/c16-14-8-6-13(7-9-14)12-15(18)17-10-4-2-1-3-5-11-17;/h6-9H,1-5,10-12,16H2;1H. The van der Waals surface area contributed by atoms with Gasteiger partial charge in [0.05, 0.1) is 6.42 Å². The Bertz CT molecular complexity index is 384. The Hall–Kier alpha value is -1.22. The van der Waals surface area contributed by atoms with Gasteiger partial charge in [-0.05, 0) is 30.5 Å². The van der Waals surface area contributed by atoms with Gasteiger partial charge >= 0.3 is 0 Å². The van der Waals surface area contributed by atoms with Gasteiger partial charge in [0.15, 0.2) is 0 Å². The molecule has 0 atom stereocenters. The Balaban J connectivity index is 0.00000180. The van der Waals surface area contributed by atoms with Crippen LogP contribution in [0.3, 0.4) is 0 Å². The lowest BCUT2D eigenvalue weighted by molar-refractivity contribution is -0.130. The second-order valence-corrected chi connectivity index (χ2v) is 5.07. The average Bonchev–Trinajstić information content (AvgIpc) is 2.31. The van der Waals surface area contributed by atoms with E-state index in [4.69, 9.17) is 5.73 Å². The van der Waals surface area contributed by atoms with Crippen LogP contribution in [-0.2, 0) is 11.2 Å². The van der Waals surface area contributed by atoms with E-state index in [2.05, 4.69) is 0 Å². The molecule has 1 aliphatic heterocycles. The highest BCUT2D eigenvalue weighted by molar-refractivity contribution is 5.85. The van der Waals surface area contributed by atoms with Gasteiger partial charge in [0.2, 0.25) is 5.91 Å². The molecule has 3 nitrogen and oxygen atoms in total. The van der Waals surface area contributed by atoms with E-state index in [0.29, 0.717) is 6.42 Å². The zero-order valence-corrected chi connectivity index (χ0v) is 12.1. The molecule has 4 heteroatoms. The Morgan fingerprint density at radius 1 is 1.00 bits per heavy atom. The molecule has 1 aromatic rings. The quantitative estimate of drug-likeness (QED) is 0.848. The number of amides is 1. The number of nitrogens with zero attached hydrogens (tertiary/aromatic N) is 1. The molecule has 0 radical (unpaired) electrons. The molecule has 0 unspecified atom stereocenters. The lowest BCUT2D eigenvalue weighted by atomic mass is 10.1. The predicted octanol–water partition coefficient (Wildman–Crippen LogP) is 3.03. The highest BCUT2D eigenvalue weighted by atomic mass is 35.5. The number of hydrogen-bond donors (Lipinski definition) is 1. The third kappa shape index (κ3) is 5.11. The molecule has 1 aliphatic rings. The van der Waals surface area contributed by atoms with Crippen LogP contribution in [0.2, 0.25) is 0 Å². The summed E-state index contributed by atoms with van der Waals surface area (Å²) >= 11 is 0. The minimum Gasteiger partial charge on any atom is -0.399 e. The van der Waals surface area contributed by atoms with E-state index in [1.807, 2.05) is 29.2 Å². The number of hydrogen-bond acceptors (Lipinski definition) is 2. The highest BCUT2D eigenvalue weighted by Crippen LogP contribution is 2.13. The SMILES string of the molecule is Cl.Nc1ccc(CC(=O)N2CCCCCCC2)cc1. The normalized spacial score (nSPS) is 16.1. The van der Waals surface area contributed by atoms with Gasteiger partial charge < -0.3 is 10.6 Å². The molecule has 2 N–H and O–H groups in total. The largest absolute Gasteiger partial charge is 0.399 e. The van der Waals surface area contributed by atoms with E-state index in [-0.39, 0.29) is 18.3 Å². The zero-order valence-electron chi connectivity index (χ0n) is 11.3. The number of benzene rings is 1. The van der Waals surface area contributed by atoms with Crippen LogP contribution in [0.25, 0.3) is 0 Å². The molecule has 1 saturated heterocycles. The van der Waals surface area contributed by atoms with Crippen LogP contribution >= 0.6 is 12.4 Å². The summed E-state index contributed by atoms with van der Waals surface area (Å²) in [6, 6.07) is 7.60. The van der Waals surface area contributed by atoms with Crippen LogP contribution in [0, 0.1) is 0 Å². The first-order valence-corrected chi connectivity index (χ1v) is 6.88. The van der Waals surface area contributed by atoms with Crippen LogP contribution < -0.4 is 5.73 Å². The summed E-state index contributed by atoms with van der Waals surface area (Å²) in [5, 5.41) is 0. The van der Waals surface area contributed by atoms with Gasteiger partial charge in [0.25, 0.3) is 0 Å². The first-order chi connectivity index (χ1) is 8.75. The third-order valence-electron chi connectivity index (χ3n) is 3.54. The van der Waals surface area contributed by atoms with Gasteiger partial charge in [0, 0.05) is 18.8 Å². The van der Waals surface area contributed by atoms with Crippen LogP contribution in [0.15, 0.2) is 24.3 Å². The summed E-state index contributed by atoms with van der Waals surface area (Å²) in [7, 11) is 0. The first-order valence-electron chi connectivity index (χ1n) is 6.88. The fourth-order valence-electron chi connectivity index (χ4n) is 2.42. The topological polar surface area (TPSA) is 46.3 Å². The van der Waals surface area contributed by atoms with Crippen molar-refractivity contribution in [2.45, 2.75) is 38.5 Å². The number of likely N-dealkylation sites (tertiary alicyclic amines) is 1. The maximum Gasteiger partial charge on any atom is 0.226 e. The molecule has 0 spiro atoms. The monoisotopic (exact) mass is 282 g/mol. The van der Waals surface area contributed by atoms with Crippen molar-refractivity contribution in [2.24, 2.45) is 0 Å². The smallest absolute Gasteiger partial charge is 0.226 e. The summed E-state index contributed by atoms with van der Waals surface area (Å²) in [4.78, 5) is 14.2. The number of carbonyl (C=O) groups excluding carboxylic acids is 1. The number of nitrogens with two attached hydrogens (primary N) is 1. The van der Waals surface area contributed by atoms with Crippen LogP contribution in [0.1, 0.15) is 37.7 Å². The Morgan fingerprint density at radius 3 is 2.11 bits per heavy atom. The molecule has 1 fully saturated rings. The van der Waals surface area contributed by atoms with E-state index in [1.54, 1.807) is 0 Å². The summed E-state index contributed by atoms with van der Waals surface area (Å²) in [6.07, 6.45) is 6.62. The molecule has 19 heavy (non-hydrogen) atoms. The summed E-state index contributed by atoms with van der Waals surface area (Å²) in [5.74, 6) is 0.252. The Kier molecular flexibility index (Phi) is 6.71. The number of rotatable bonds is 2. The first kappa shape index (κ1) is 15.8. The third-order valence-corrected chi connectivity index (χ3v) is 3.54.